The molecule has 0 atom stereocenters. The first-order valence-corrected chi connectivity index (χ1v) is 11.9. The molecule has 3 aromatic rings. The number of halogens is 2. The Labute approximate surface area is 213 Å². The molecule has 12 heteroatoms. The number of nitrogens with zero attached hydrogens (tertiary/aromatic N) is 4. The SMILES string of the molecule is CCCCc1nc2ccc(Br)cc2c(=O)n1N=Cc1cc(Cl)c(OCC(=O)OCC)c([N+](=O)[O-])c1. The molecule has 0 aliphatic heterocycles. The van der Waals surface area contributed by atoms with Crippen molar-refractivity contribution in [1.82, 2.24) is 9.66 Å². The van der Waals surface area contributed by atoms with Crippen LogP contribution in [-0.2, 0) is 16.0 Å². The topological polar surface area (TPSA) is 126 Å². The van der Waals surface area contributed by atoms with Crippen LogP contribution >= 0.6 is 27.5 Å². The molecule has 0 aliphatic rings. The van der Waals surface area contributed by atoms with Gasteiger partial charge in [-0.05, 0) is 37.6 Å². The first kappa shape index (κ1) is 26.3. The van der Waals surface area contributed by atoms with Gasteiger partial charge in [0.2, 0.25) is 5.75 Å². The highest BCUT2D eigenvalue weighted by atomic mass is 79.9. The van der Waals surface area contributed by atoms with Gasteiger partial charge in [0.1, 0.15) is 5.82 Å². The second-order valence-electron chi connectivity index (χ2n) is 7.36. The van der Waals surface area contributed by atoms with Gasteiger partial charge in [0, 0.05) is 22.5 Å². The summed E-state index contributed by atoms with van der Waals surface area (Å²) in [5, 5.41) is 16.2. The lowest BCUT2D eigenvalue weighted by molar-refractivity contribution is -0.385. The van der Waals surface area contributed by atoms with Crippen LogP contribution in [0.1, 0.15) is 38.1 Å². The van der Waals surface area contributed by atoms with E-state index in [1.54, 1.807) is 25.1 Å². The Hall–Kier alpha value is -3.31. The molecule has 0 unspecified atom stereocenters. The molecule has 0 radical (unpaired) electrons. The summed E-state index contributed by atoms with van der Waals surface area (Å²) in [6.07, 6.45) is 3.51. The molecule has 184 valence electrons. The molecule has 3 rings (SSSR count). The van der Waals surface area contributed by atoms with E-state index >= 15 is 0 Å². The Bertz CT molecular complexity index is 1360. The molecule has 0 spiro atoms. The maximum atomic E-state index is 13.2. The third kappa shape index (κ3) is 6.43. The number of fused-ring (bicyclic) bond motifs is 1. The average Bonchev–Trinajstić information content (AvgIpc) is 2.81. The number of hydrogen-bond donors (Lipinski definition) is 0. The maximum Gasteiger partial charge on any atom is 0.344 e. The van der Waals surface area contributed by atoms with Crippen molar-refractivity contribution in [2.24, 2.45) is 5.10 Å². The quantitative estimate of drug-likeness (QED) is 0.148. The number of nitro groups is 1. The van der Waals surface area contributed by atoms with Gasteiger partial charge in [-0.25, -0.2) is 9.78 Å². The number of unbranched alkanes of at least 4 members (excludes halogenated alkanes) is 1. The molecule has 1 aromatic heterocycles. The number of esters is 1. The molecule has 0 fully saturated rings. The van der Waals surface area contributed by atoms with Crippen molar-refractivity contribution in [2.75, 3.05) is 13.2 Å². The van der Waals surface area contributed by atoms with Gasteiger partial charge in [-0.15, -0.1) is 0 Å². The third-order valence-electron chi connectivity index (χ3n) is 4.83. The van der Waals surface area contributed by atoms with E-state index in [2.05, 4.69) is 26.0 Å². The molecule has 0 bridgehead atoms. The van der Waals surface area contributed by atoms with E-state index < -0.39 is 23.2 Å². The van der Waals surface area contributed by atoms with Gasteiger partial charge < -0.3 is 9.47 Å². The fourth-order valence-corrected chi connectivity index (χ4v) is 3.86. The van der Waals surface area contributed by atoms with Crippen LogP contribution in [0.3, 0.4) is 0 Å². The summed E-state index contributed by atoms with van der Waals surface area (Å²) >= 11 is 9.58. The van der Waals surface area contributed by atoms with Crippen molar-refractivity contribution < 1.29 is 19.2 Å². The van der Waals surface area contributed by atoms with Crippen LogP contribution in [0, 0.1) is 10.1 Å². The molecule has 2 aromatic carbocycles. The van der Waals surface area contributed by atoms with E-state index in [4.69, 9.17) is 21.1 Å². The van der Waals surface area contributed by atoms with Gasteiger partial charge in [0.05, 0.1) is 33.7 Å². The number of aryl methyl sites for hydroxylation is 1. The maximum absolute atomic E-state index is 13.2. The number of carbonyl (C=O) groups excluding carboxylic acids is 1. The van der Waals surface area contributed by atoms with Gasteiger partial charge >= 0.3 is 11.7 Å². The van der Waals surface area contributed by atoms with E-state index in [1.165, 1.54) is 23.0 Å². The van der Waals surface area contributed by atoms with Crippen LogP contribution in [-0.4, -0.2) is 40.0 Å². The molecule has 0 aliphatic carbocycles. The Balaban J connectivity index is 2.03. The highest BCUT2D eigenvalue weighted by molar-refractivity contribution is 9.10. The van der Waals surface area contributed by atoms with Crippen LogP contribution in [0.15, 0.2) is 44.7 Å². The summed E-state index contributed by atoms with van der Waals surface area (Å²) in [6.45, 7) is 3.27. The van der Waals surface area contributed by atoms with Crippen LogP contribution < -0.4 is 10.3 Å². The summed E-state index contributed by atoms with van der Waals surface area (Å²) in [5.41, 5.74) is -0.0126. The smallest absolute Gasteiger partial charge is 0.344 e. The minimum absolute atomic E-state index is 0.0935. The predicted molar refractivity (Wildman–Crippen MR) is 136 cm³/mol. The molecule has 0 N–H and O–H groups in total. The Morgan fingerprint density at radius 1 is 1.31 bits per heavy atom. The minimum atomic E-state index is -0.683. The zero-order valence-electron chi connectivity index (χ0n) is 19.0. The molecule has 0 saturated heterocycles. The highest BCUT2D eigenvalue weighted by Gasteiger charge is 2.22. The largest absolute Gasteiger partial charge is 0.474 e. The number of nitro benzene ring substituents is 1. The zero-order valence-corrected chi connectivity index (χ0v) is 21.3. The molecule has 35 heavy (non-hydrogen) atoms. The number of rotatable bonds is 10. The van der Waals surface area contributed by atoms with Crippen molar-refractivity contribution in [3.05, 3.63) is 71.7 Å². The second-order valence-corrected chi connectivity index (χ2v) is 8.68. The first-order chi connectivity index (χ1) is 16.7. The van der Waals surface area contributed by atoms with Crippen molar-refractivity contribution in [2.45, 2.75) is 33.1 Å². The van der Waals surface area contributed by atoms with E-state index in [0.29, 0.717) is 23.1 Å². The standard InChI is InChI=1S/C23H22BrClN4O6/c1-3-5-6-20-27-18-8-7-15(24)11-16(18)23(31)28(20)26-12-14-9-17(25)22(19(10-14)29(32)33)35-13-21(30)34-4-2/h7-12H,3-6,13H2,1-2H3. The highest BCUT2D eigenvalue weighted by Crippen LogP contribution is 2.36. The van der Waals surface area contributed by atoms with Crippen molar-refractivity contribution in [1.29, 1.82) is 0 Å². The second kappa shape index (κ2) is 11.9. The molecule has 0 saturated carbocycles. The number of hydrogen-bond acceptors (Lipinski definition) is 8. The average molecular weight is 566 g/mol. The monoisotopic (exact) mass is 564 g/mol. The summed E-state index contributed by atoms with van der Waals surface area (Å²) < 4.78 is 11.9. The van der Waals surface area contributed by atoms with Gasteiger partial charge in [-0.1, -0.05) is 40.9 Å². The normalized spacial score (nSPS) is 11.2. The number of benzene rings is 2. The minimum Gasteiger partial charge on any atom is -0.474 e. The predicted octanol–water partition coefficient (Wildman–Crippen LogP) is 4.89. The van der Waals surface area contributed by atoms with Crippen molar-refractivity contribution in [3.63, 3.8) is 0 Å². The first-order valence-electron chi connectivity index (χ1n) is 10.8. The molecule has 1 heterocycles. The molecular weight excluding hydrogens is 544 g/mol. The lowest BCUT2D eigenvalue weighted by Gasteiger charge is -2.10. The third-order valence-corrected chi connectivity index (χ3v) is 5.61. The lowest BCUT2D eigenvalue weighted by atomic mass is 10.2. The van der Waals surface area contributed by atoms with Crippen molar-refractivity contribution in [3.8, 4) is 5.75 Å². The van der Waals surface area contributed by atoms with E-state index in [1.807, 2.05) is 6.92 Å². The summed E-state index contributed by atoms with van der Waals surface area (Å²) in [4.78, 5) is 40.3. The van der Waals surface area contributed by atoms with Crippen LogP contribution in [0.2, 0.25) is 5.02 Å². The van der Waals surface area contributed by atoms with Crippen molar-refractivity contribution >= 4 is 56.3 Å². The molecule has 0 amide bonds. The fourth-order valence-electron chi connectivity index (χ4n) is 3.22. The Morgan fingerprint density at radius 3 is 2.77 bits per heavy atom. The zero-order chi connectivity index (χ0) is 25.5. The number of aromatic nitrogens is 2. The van der Waals surface area contributed by atoms with E-state index in [9.17, 15) is 19.7 Å². The molecule has 10 nitrogen and oxygen atoms in total. The summed E-state index contributed by atoms with van der Waals surface area (Å²) in [5.74, 6) is -0.476. The van der Waals surface area contributed by atoms with Crippen LogP contribution in [0.5, 0.6) is 5.75 Å². The van der Waals surface area contributed by atoms with E-state index in [-0.39, 0.29) is 28.5 Å². The van der Waals surface area contributed by atoms with Crippen LogP contribution in [0.25, 0.3) is 10.9 Å². The van der Waals surface area contributed by atoms with Gasteiger partial charge in [-0.3, -0.25) is 14.9 Å². The summed E-state index contributed by atoms with van der Waals surface area (Å²) in [6, 6.07) is 7.80. The Morgan fingerprint density at radius 2 is 2.09 bits per heavy atom. The number of carbonyl (C=O) groups is 1. The number of ether oxygens (including phenoxy) is 2. The van der Waals surface area contributed by atoms with Gasteiger partial charge in [0.25, 0.3) is 5.56 Å². The van der Waals surface area contributed by atoms with E-state index in [0.717, 1.165) is 17.3 Å². The van der Waals surface area contributed by atoms with Gasteiger partial charge in [-0.2, -0.15) is 9.78 Å². The van der Waals surface area contributed by atoms with Crippen LogP contribution in [0.4, 0.5) is 5.69 Å². The Kier molecular flexibility index (Phi) is 8.94. The fraction of sp³-hybridized carbons (Fsp3) is 0.304. The molecular formula is C23H22BrClN4O6. The lowest BCUT2D eigenvalue weighted by Crippen LogP contribution is -2.22. The van der Waals surface area contributed by atoms with Gasteiger partial charge in [0.15, 0.2) is 6.61 Å². The summed E-state index contributed by atoms with van der Waals surface area (Å²) in [7, 11) is 0.